The van der Waals surface area contributed by atoms with Gasteiger partial charge in [0.25, 0.3) is 0 Å². The van der Waals surface area contributed by atoms with Gasteiger partial charge in [0.1, 0.15) is 0 Å². The first-order chi connectivity index (χ1) is 11.0. The Morgan fingerprint density at radius 2 is 2.13 bits per heavy atom. The summed E-state index contributed by atoms with van der Waals surface area (Å²) in [6.07, 6.45) is 4.40. The topological polar surface area (TPSA) is 55.2 Å². The summed E-state index contributed by atoms with van der Waals surface area (Å²) in [5, 5.41) is 0.620. The van der Waals surface area contributed by atoms with Crippen molar-refractivity contribution in [2.75, 3.05) is 11.4 Å². The number of aromatic nitrogens is 2. The number of nitrogens with zero attached hydrogens (tertiary/aromatic N) is 3. The molecule has 0 saturated heterocycles. The van der Waals surface area contributed by atoms with Gasteiger partial charge in [-0.25, -0.2) is 4.98 Å². The largest absolute Gasteiger partial charge is 0.329 e. The van der Waals surface area contributed by atoms with Gasteiger partial charge >= 0.3 is 0 Å². The molecule has 0 N–H and O–H groups in total. The Morgan fingerprint density at radius 3 is 2.78 bits per heavy atom. The van der Waals surface area contributed by atoms with E-state index in [0.717, 1.165) is 22.8 Å². The van der Waals surface area contributed by atoms with E-state index in [9.17, 15) is 9.59 Å². The van der Waals surface area contributed by atoms with Gasteiger partial charge in [-0.05, 0) is 37.1 Å². The zero-order valence-electron chi connectivity index (χ0n) is 13.4. The van der Waals surface area contributed by atoms with E-state index >= 15 is 0 Å². The minimum Gasteiger partial charge on any atom is -0.329 e. The summed E-state index contributed by atoms with van der Waals surface area (Å²) in [5.41, 5.74) is 2.70. The number of carbonyl (C=O) groups is 2. The van der Waals surface area contributed by atoms with Crippen LogP contribution in [-0.2, 0) is 18.3 Å². The lowest BCUT2D eigenvalue weighted by molar-refractivity contribution is -0.116. The third-order valence-electron chi connectivity index (χ3n) is 4.07. The van der Waals surface area contributed by atoms with Crippen LogP contribution in [0.15, 0.2) is 35.7 Å². The fourth-order valence-electron chi connectivity index (χ4n) is 2.79. The highest BCUT2D eigenvalue weighted by Gasteiger charge is 2.25. The minimum atomic E-state index is -0.209. The Kier molecular flexibility index (Phi) is 4.26. The van der Waals surface area contributed by atoms with Crippen molar-refractivity contribution in [2.24, 2.45) is 7.05 Å². The van der Waals surface area contributed by atoms with E-state index in [0.29, 0.717) is 12.1 Å². The smallest absolute Gasteiger partial charge is 0.223 e. The number of rotatable bonds is 4. The van der Waals surface area contributed by atoms with Gasteiger partial charge in [-0.3, -0.25) is 9.59 Å². The van der Waals surface area contributed by atoms with E-state index < -0.39 is 0 Å². The van der Waals surface area contributed by atoms with Crippen LogP contribution in [-0.4, -0.2) is 33.0 Å². The second kappa shape index (κ2) is 6.20. The molecule has 1 aliphatic heterocycles. The number of hydrogen-bond acceptors (Lipinski definition) is 4. The maximum atomic E-state index is 12.7. The molecule has 1 atom stereocenters. The average Bonchev–Trinajstić information content (AvgIpc) is 3.12. The fraction of sp³-hybridized carbons (Fsp3) is 0.353. The van der Waals surface area contributed by atoms with Crippen LogP contribution in [0.2, 0.25) is 0 Å². The summed E-state index contributed by atoms with van der Waals surface area (Å²) in [5.74, 6) is 0.128. The van der Waals surface area contributed by atoms with Crippen LogP contribution < -0.4 is 4.90 Å². The summed E-state index contributed by atoms with van der Waals surface area (Å²) < 4.78 is 1.90. The second-order valence-corrected chi connectivity index (χ2v) is 7.02. The van der Waals surface area contributed by atoms with E-state index in [2.05, 4.69) is 4.98 Å². The molecular formula is C17H19N3O2S. The van der Waals surface area contributed by atoms with E-state index in [1.54, 1.807) is 18.0 Å². The molecule has 1 aromatic heterocycles. The van der Waals surface area contributed by atoms with Crippen LogP contribution >= 0.6 is 11.8 Å². The minimum absolute atomic E-state index is 0.0431. The van der Waals surface area contributed by atoms with Crippen LogP contribution in [0.4, 0.5) is 5.69 Å². The molecule has 120 valence electrons. The molecule has 5 nitrogen and oxygen atoms in total. The Labute approximate surface area is 139 Å². The monoisotopic (exact) mass is 329 g/mol. The number of thioether (sulfide) groups is 1. The van der Waals surface area contributed by atoms with Gasteiger partial charge in [-0.1, -0.05) is 11.8 Å². The van der Waals surface area contributed by atoms with Crippen LogP contribution in [0.5, 0.6) is 0 Å². The number of anilines is 1. The Balaban J connectivity index is 1.78. The van der Waals surface area contributed by atoms with Crippen molar-refractivity contribution in [1.82, 2.24) is 9.55 Å². The number of carbonyl (C=O) groups excluding carboxylic acids is 2. The summed E-state index contributed by atoms with van der Waals surface area (Å²) >= 11 is 1.46. The first-order valence-electron chi connectivity index (χ1n) is 7.56. The molecule has 3 rings (SSSR count). The van der Waals surface area contributed by atoms with Crippen molar-refractivity contribution in [3.8, 4) is 0 Å². The third-order valence-corrected chi connectivity index (χ3v) is 5.24. The number of ketones is 1. The number of amides is 1. The molecule has 0 radical (unpaired) electrons. The lowest BCUT2D eigenvalue weighted by Gasteiger charge is -2.15. The van der Waals surface area contributed by atoms with Crippen LogP contribution in [0, 0.1) is 0 Å². The van der Waals surface area contributed by atoms with Gasteiger partial charge in [0.2, 0.25) is 5.91 Å². The van der Waals surface area contributed by atoms with Crippen molar-refractivity contribution < 1.29 is 9.59 Å². The van der Waals surface area contributed by atoms with Crippen molar-refractivity contribution >= 4 is 29.1 Å². The predicted octanol–water partition coefficient (Wildman–Crippen LogP) is 2.69. The Bertz CT molecular complexity index is 769. The van der Waals surface area contributed by atoms with Crippen LogP contribution in [0.1, 0.15) is 29.8 Å². The highest BCUT2D eigenvalue weighted by molar-refractivity contribution is 8.00. The first kappa shape index (κ1) is 15.8. The van der Waals surface area contributed by atoms with Crippen molar-refractivity contribution in [3.63, 3.8) is 0 Å². The standard InChI is InChI=1S/C17H19N3O2S/c1-11(23-17-18-7-9-19(17)3)16(22)14-4-5-15-13(10-14)6-8-20(15)12(2)21/h4-5,7,9-11H,6,8H2,1-3H3. The van der Waals surface area contributed by atoms with Crippen molar-refractivity contribution in [2.45, 2.75) is 30.7 Å². The SMILES string of the molecule is CC(=O)N1CCc2cc(C(=O)C(C)Sc3nccn3C)ccc21. The van der Waals surface area contributed by atoms with Gasteiger partial charge in [-0.2, -0.15) is 0 Å². The third kappa shape index (κ3) is 3.03. The molecule has 0 saturated carbocycles. The molecule has 1 aliphatic rings. The molecular weight excluding hydrogens is 310 g/mol. The molecule has 1 unspecified atom stereocenters. The van der Waals surface area contributed by atoms with E-state index in [1.807, 2.05) is 42.9 Å². The molecule has 1 amide bonds. The van der Waals surface area contributed by atoms with Gasteiger partial charge in [-0.15, -0.1) is 0 Å². The maximum Gasteiger partial charge on any atom is 0.223 e. The van der Waals surface area contributed by atoms with E-state index in [-0.39, 0.29) is 16.9 Å². The predicted molar refractivity (Wildman–Crippen MR) is 91.0 cm³/mol. The van der Waals surface area contributed by atoms with Crippen LogP contribution in [0.25, 0.3) is 0 Å². The molecule has 2 heterocycles. The van der Waals surface area contributed by atoms with E-state index in [1.165, 1.54) is 11.8 Å². The average molecular weight is 329 g/mol. The van der Waals surface area contributed by atoms with E-state index in [4.69, 9.17) is 0 Å². The Morgan fingerprint density at radius 1 is 1.35 bits per heavy atom. The molecule has 0 aliphatic carbocycles. The molecule has 6 heteroatoms. The lowest BCUT2D eigenvalue weighted by atomic mass is 10.0. The number of fused-ring (bicyclic) bond motifs is 1. The number of hydrogen-bond donors (Lipinski definition) is 0. The number of aryl methyl sites for hydroxylation is 1. The fourth-order valence-corrected chi connectivity index (χ4v) is 3.70. The maximum absolute atomic E-state index is 12.7. The van der Waals surface area contributed by atoms with Crippen molar-refractivity contribution in [1.29, 1.82) is 0 Å². The molecule has 23 heavy (non-hydrogen) atoms. The van der Waals surface area contributed by atoms with Crippen molar-refractivity contribution in [3.05, 3.63) is 41.7 Å². The quantitative estimate of drug-likeness (QED) is 0.639. The zero-order valence-corrected chi connectivity index (χ0v) is 14.3. The normalized spacial score (nSPS) is 14.7. The zero-order chi connectivity index (χ0) is 16.6. The lowest BCUT2D eigenvalue weighted by Crippen LogP contribution is -2.25. The van der Waals surface area contributed by atoms with Gasteiger partial charge in [0, 0.05) is 44.2 Å². The highest BCUT2D eigenvalue weighted by Crippen LogP contribution is 2.30. The van der Waals surface area contributed by atoms with Gasteiger partial charge in [0.15, 0.2) is 10.9 Å². The molecule has 0 fully saturated rings. The summed E-state index contributed by atoms with van der Waals surface area (Å²) in [7, 11) is 1.91. The van der Waals surface area contributed by atoms with Gasteiger partial charge in [0.05, 0.1) is 5.25 Å². The number of Topliss-reactive ketones (excluding diaryl/α,β-unsaturated/α-hetero) is 1. The molecule has 2 aromatic rings. The summed E-state index contributed by atoms with van der Waals surface area (Å²) in [6, 6.07) is 5.63. The van der Waals surface area contributed by atoms with Crippen LogP contribution in [0.3, 0.4) is 0 Å². The number of benzene rings is 1. The second-order valence-electron chi connectivity index (χ2n) is 5.71. The first-order valence-corrected chi connectivity index (χ1v) is 8.44. The van der Waals surface area contributed by atoms with Gasteiger partial charge < -0.3 is 9.47 Å². The molecule has 0 spiro atoms. The highest BCUT2D eigenvalue weighted by atomic mass is 32.2. The molecule has 0 bridgehead atoms. The number of imidazole rings is 1. The molecule has 1 aromatic carbocycles. The summed E-state index contributed by atoms with van der Waals surface area (Å²) in [4.78, 5) is 30.3. The Hall–Kier alpha value is -2.08. The summed E-state index contributed by atoms with van der Waals surface area (Å²) in [6.45, 7) is 4.16.